The van der Waals surface area contributed by atoms with E-state index in [4.69, 9.17) is 16.3 Å². The van der Waals surface area contributed by atoms with E-state index in [-0.39, 0.29) is 5.38 Å². The number of nitrogens with zero attached hydrogens (tertiary/aromatic N) is 2. The Bertz CT molecular complexity index is 323. The number of rotatable bonds is 6. The van der Waals surface area contributed by atoms with E-state index in [1.165, 1.54) is 0 Å². The van der Waals surface area contributed by atoms with Crippen LogP contribution in [0.4, 0.5) is 0 Å². The highest BCUT2D eigenvalue weighted by molar-refractivity contribution is 6.20. The summed E-state index contributed by atoms with van der Waals surface area (Å²) in [5.41, 5.74) is 1.15. The van der Waals surface area contributed by atoms with Crippen molar-refractivity contribution >= 4 is 11.6 Å². The predicted molar refractivity (Wildman–Crippen MR) is 67.4 cm³/mol. The van der Waals surface area contributed by atoms with Crippen LogP contribution in [0.3, 0.4) is 0 Å². The molecule has 0 amide bonds. The molecule has 1 heterocycles. The molecule has 3 nitrogen and oxygen atoms in total. The Morgan fingerprint density at radius 2 is 2.19 bits per heavy atom. The summed E-state index contributed by atoms with van der Waals surface area (Å²) in [7, 11) is 1.68. The fraction of sp³-hybridized carbons (Fsp3) is 0.750. The molecule has 0 saturated carbocycles. The van der Waals surface area contributed by atoms with E-state index in [1.807, 2.05) is 4.68 Å². The molecule has 0 bridgehead atoms. The van der Waals surface area contributed by atoms with Crippen LogP contribution in [0.5, 0.6) is 5.75 Å². The van der Waals surface area contributed by atoms with Gasteiger partial charge in [-0.05, 0) is 33.1 Å². The molecule has 0 radical (unpaired) electrons. The first-order valence-electron chi connectivity index (χ1n) is 5.84. The molecule has 0 saturated heterocycles. The number of ether oxygens (including phenoxy) is 1. The normalized spacial score (nSPS) is 13.1. The summed E-state index contributed by atoms with van der Waals surface area (Å²) in [6.07, 6.45) is 4.67. The van der Waals surface area contributed by atoms with Gasteiger partial charge in [-0.2, -0.15) is 5.10 Å². The van der Waals surface area contributed by atoms with E-state index in [0.29, 0.717) is 6.04 Å². The Hall–Kier alpha value is -0.700. The van der Waals surface area contributed by atoms with Crippen LogP contribution in [0.15, 0.2) is 6.20 Å². The van der Waals surface area contributed by atoms with Crippen molar-refractivity contribution in [3.05, 3.63) is 11.9 Å². The molecular weight excluding hydrogens is 224 g/mol. The second-order valence-corrected chi connectivity index (χ2v) is 4.86. The van der Waals surface area contributed by atoms with E-state index in [0.717, 1.165) is 30.7 Å². The van der Waals surface area contributed by atoms with Gasteiger partial charge >= 0.3 is 0 Å². The summed E-state index contributed by atoms with van der Waals surface area (Å²) in [6.45, 7) is 6.34. The minimum atomic E-state index is 0.236. The number of methoxy groups -OCH3 is 1. The van der Waals surface area contributed by atoms with Gasteiger partial charge in [-0.25, -0.2) is 0 Å². The summed E-state index contributed by atoms with van der Waals surface area (Å²) in [5.74, 6) is 0.869. The maximum absolute atomic E-state index is 6.14. The fourth-order valence-electron chi connectivity index (χ4n) is 1.72. The molecule has 1 aromatic rings. The molecule has 1 atom stereocenters. The zero-order valence-corrected chi connectivity index (χ0v) is 11.3. The standard InChI is InChI=1S/C12H21ClN2O/c1-5-10(13)6-7-11-12(16-4)8-14-15(11)9(2)3/h8-10H,5-7H2,1-4H3. The van der Waals surface area contributed by atoms with E-state index < -0.39 is 0 Å². The van der Waals surface area contributed by atoms with Crippen LogP contribution in [0.2, 0.25) is 0 Å². The van der Waals surface area contributed by atoms with Gasteiger partial charge in [0.1, 0.15) is 0 Å². The quantitative estimate of drug-likeness (QED) is 0.717. The van der Waals surface area contributed by atoms with Crippen molar-refractivity contribution in [2.75, 3.05) is 7.11 Å². The molecule has 92 valence electrons. The molecule has 0 N–H and O–H groups in total. The number of hydrogen-bond donors (Lipinski definition) is 0. The van der Waals surface area contributed by atoms with E-state index >= 15 is 0 Å². The van der Waals surface area contributed by atoms with Crippen molar-refractivity contribution in [1.82, 2.24) is 9.78 Å². The minimum absolute atomic E-state index is 0.236. The maximum Gasteiger partial charge on any atom is 0.159 e. The van der Waals surface area contributed by atoms with Gasteiger partial charge in [0.15, 0.2) is 5.75 Å². The van der Waals surface area contributed by atoms with Gasteiger partial charge in [0.2, 0.25) is 0 Å². The minimum Gasteiger partial charge on any atom is -0.493 e. The first kappa shape index (κ1) is 13.4. The van der Waals surface area contributed by atoms with Crippen molar-refractivity contribution in [3.63, 3.8) is 0 Å². The second kappa shape index (κ2) is 6.14. The second-order valence-electron chi connectivity index (χ2n) is 4.24. The van der Waals surface area contributed by atoms with Gasteiger partial charge in [0.05, 0.1) is 19.0 Å². The fourth-order valence-corrected chi connectivity index (χ4v) is 1.83. The number of halogens is 1. The van der Waals surface area contributed by atoms with Crippen LogP contribution in [-0.2, 0) is 6.42 Å². The topological polar surface area (TPSA) is 27.1 Å². The molecule has 1 aromatic heterocycles. The van der Waals surface area contributed by atoms with Crippen LogP contribution < -0.4 is 4.74 Å². The average molecular weight is 245 g/mol. The zero-order chi connectivity index (χ0) is 12.1. The molecule has 1 rings (SSSR count). The van der Waals surface area contributed by atoms with Crippen LogP contribution >= 0.6 is 11.6 Å². The van der Waals surface area contributed by atoms with Crippen LogP contribution in [0, 0.1) is 0 Å². The molecule has 0 aromatic carbocycles. The Morgan fingerprint density at radius 1 is 1.50 bits per heavy atom. The van der Waals surface area contributed by atoms with Crippen molar-refractivity contribution in [2.24, 2.45) is 0 Å². The lowest BCUT2D eigenvalue weighted by Gasteiger charge is -2.13. The summed E-state index contributed by atoms with van der Waals surface area (Å²) in [6, 6.07) is 0.356. The Morgan fingerprint density at radius 3 is 2.69 bits per heavy atom. The third-order valence-electron chi connectivity index (χ3n) is 2.71. The van der Waals surface area contributed by atoms with Crippen LogP contribution in [0.25, 0.3) is 0 Å². The summed E-state index contributed by atoms with van der Waals surface area (Å²) in [4.78, 5) is 0. The largest absolute Gasteiger partial charge is 0.493 e. The predicted octanol–water partition coefficient (Wildman–Crippen LogP) is 3.42. The van der Waals surface area contributed by atoms with Crippen molar-refractivity contribution in [1.29, 1.82) is 0 Å². The lowest BCUT2D eigenvalue weighted by Crippen LogP contribution is -2.10. The third kappa shape index (κ3) is 3.14. The van der Waals surface area contributed by atoms with Crippen molar-refractivity contribution in [3.8, 4) is 5.75 Å². The summed E-state index contributed by atoms with van der Waals surface area (Å²) >= 11 is 6.14. The zero-order valence-electron chi connectivity index (χ0n) is 10.5. The Balaban J connectivity index is 2.78. The number of alkyl halides is 1. The highest BCUT2D eigenvalue weighted by atomic mass is 35.5. The molecule has 0 spiro atoms. The molecule has 4 heteroatoms. The average Bonchev–Trinajstić information content (AvgIpc) is 2.68. The van der Waals surface area contributed by atoms with E-state index in [2.05, 4.69) is 25.9 Å². The van der Waals surface area contributed by atoms with Gasteiger partial charge < -0.3 is 4.74 Å². The van der Waals surface area contributed by atoms with Crippen LogP contribution in [-0.4, -0.2) is 22.3 Å². The van der Waals surface area contributed by atoms with E-state index in [1.54, 1.807) is 13.3 Å². The smallest absolute Gasteiger partial charge is 0.159 e. The summed E-state index contributed by atoms with van der Waals surface area (Å²) < 4.78 is 7.33. The SMILES string of the molecule is CCC(Cl)CCc1c(OC)cnn1C(C)C. The molecule has 1 unspecified atom stereocenters. The highest BCUT2D eigenvalue weighted by Gasteiger charge is 2.14. The molecule has 16 heavy (non-hydrogen) atoms. The van der Waals surface area contributed by atoms with Crippen LogP contribution in [0.1, 0.15) is 45.3 Å². The molecule has 0 aliphatic heterocycles. The van der Waals surface area contributed by atoms with Gasteiger partial charge in [-0.3, -0.25) is 4.68 Å². The Kier molecular flexibility index (Phi) is 5.13. The first-order valence-corrected chi connectivity index (χ1v) is 6.28. The summed E-state index contributed by atoms with van der Waals surface area (Å²) in [5, 5.41) is 4.58. The number of hydrogen-bond acceptors (Lipinski definition) is 2. The van der Waals surface area contributed by atoms with Gasteiger partial charge in [-0.15, -0.1) is 11.6 Å². The third-order valence-corrected chi connectivity index (χ3v) is 3.23. The Labute approximate surface area is 103 Å². The lowest BCUT2D eigenvalue weighted by atomic mass is 10.1. The lowest BCUT2D eigenvalue weighted by molar-refractivity contribution is 0.403. The molecule has 0 aliphatic carbocycles. The van der Waals surface area contributed by atoms with Gasteiger partial charge in [-0.1, -0.05) is 6.92 Å². The van der Waals surface area contributed by atoms with Crippen molar-refractivity contribution in [2.45, 2.75) is 51.5 Å². The molecular formula is C12H21ClN2O. The van der Waals surface area contributed by atoms with Gasteiger partial charge in [0, 0.05) is 11.4 Å². The first-order chi connectivity index (χ1) is 7.60. The highest BCUT2D eigenvalue weighted by Crippen LogP contribution is 2.24. The van der Waals surface area contributed by atoms with Crippen molar-refractivity contribution < 1.29 is 4.74 Å². The monoisotopic (exact) mass is 244 g/mol. The van der Waals surface area contributed by atoms with E-state index in [9.17, 15) is 0 Å². The molecule has 0 aliphatic rings. The maximum atomic E-state index is 6.14. The van der Waals surface area contributed by atoms with Gasteiger partial charge in [0.25, 0.3) is 0 Å². The number of aromatic nitrogens is 2. The molecule has 0 fully saturated rings.